The molecule has 126 valence electrons. The van der Waals surface area contributed by atoms with E-state index in [0.29, 0.717) is 11.1 Å². The highest BCUT2D eigenvalue weighted by Gasteiger charge is 2.24. The molecule has 0 atom stereocenters. The van der Waals surface area contributed by atoms with E-state index in [9.17, 15) is 19.7 Å². The fraction of sp³-hybridized carbons (Fsp3) is 0.294. The average molecular weight is 330 g/mol. The van der Waals surface area contributed by atoms with Crippen LogP contribution in [0.2, 0.25) is 0 Å². The van der Waals surface area contributed by atoms with Crippen molar-refractivity contribution in [3.05, 3.63) is 62.5 Å². The number of Topliss-reactive ketones (excluding diaryl/α,β-unsaturated/α-hetero) is 1. The number of nitro groups is 1. The molecule has 0 fully saturated rings. The number of ketones is 1. The monoisotopic (exact) mass is 330 g/mol. The third-order valence-corrected chi connectivity index (χ3v) is 4.05. The largest absolute Gasteiger partial charge is 0.454 e. The molecule has 2 rings (SSSR count). The van der Waals surface area contributed by atoms with E-state index < -0.39 is 17.5 Å². The maximum absolute atomic E-state index is 12.2. The first-order valence-corrected chi connectivity index (χ1v) is 7.31. The smallest absolute Gasteiger partial charge is 0.345 e. The first-order chi connectivity index (χ1) is 11.2. The molecular formula is C17H18N2O5. The molecular weight excluding hydrogens is 312 g/mol. The van der Waals surface area contributed by atoms with Crippen LogP contribution in [-0.4, -0.2) is 27.8 Å². The number of nitro benzene ring substituents is 1. The van der Waals surface area contributed by atoms with Gasteiger partial charge in [-0.25, -0.2) is 4.79 Å². The number of rotatable bonds is 5. The summed E-state index contributed by atoms with van der Waals surface area (Å²) in [5, 5.41) is 11.1. The molecule has 0 radical (unpaired) electrons. The summed E-state index contributed by atoms with van der Waals surface area (Å²) in [5.41, 5.74) is 2.05. The van der Waals surface area contributed by atoms with E-state index in [-0.39, 0.29) is 17.0 Å². The van der Waals surface area contributed by atoms with E-state index in [1.54, 1.807) is 13.0 Å². The normalized spacial score (nSPS) is 10.5. The molecule has 0 aliphatic carbocycles. The van der Waals surface area contributed by atoms with E-state index in [1.165, 1.54) is 25.1 Å². The minimum Gasteiger partial charge on any atom is -0.454 e. The Labute approximate surface area is 139 Å². The minimum absolute atomic E-state index is 0.159. The first-order valence-electron chi connectivity index (χ1n) is 7.31. The molecule has 0 aliphatic rings. The van der Waals surface area contributed by atoms with Crippen LogP contribution in [0.15, 0.2) is 24.3 Å². The van der Waals surface area contributed by atoms with Gasteiger partial charge in [0.05, 0.1) is 4.92 Å². The van der Waals surface area contributed by atoms with Gasteiger partial charge in [0.15, 0.2) is 6.61 Å². The summed E-state index contributed by atoms with van der Waals surface area (Å²) >= 11 is 0. The molecule has 0 saturated carbocycles. The summed E-state index contributed by atoms with van der Waals surface area (Å²) in [5.74, 6) is -1.23. The second kappa shape index (κ2) is 6.66. The summed E-state index contributed by atoms with van der Waals surface area (Å²) in [4.78, 5) is 34.9. The van der Waals surface area contributed by atoms with Crippen molar-refractivity contribution in [2.45, 2.75) is 20.8 Å². The van der Waals surface area contributed by atoms with Crippen LogP contribution in [0.4, 0.5) is 5.69 Å². The minimum atomic E-state index is -0.885. The molecule has 7 nitrogen and oxygen atoms in total. The summed E-state index contributed by atoms with van der Waals surface area (Å²) < 4.78 is 6.85. The third kappa shape index (κ3) is 3.19. The molecule has 0 amide bonds. The van der Waals surface area contributed by atoms with Crippen LogP contribution in [-0.2, 0) is 11.8 Å². The van der Waals surface area contributed by atoms with Crippen LogP contribution in [0, 0.1) is 30.9 Å². The van der Waals surface area contributed by atoms with E-state index in [2.05, 4.69) is 0 Å². The Hall–Kier alpha value is -2.96. The predicted octanol–water partition coefficient (Wildman–Crippen LogP) is 2.90. The maximum atomic E-state index is 12.2. The summed E-state index contributed by atoms with van der Waals surface area (Å²) in [6, 6.07) is 6.11. The Morgan fingerprint density at radius 1 is 1.21 bits per heavy atom. The number of aryl methyl sites for hydroxylation is 2. The molecule has 1 heterocycles. The van der Waals surface area contributed by atoms with Crippen LogP contribution in [0.1, 0.15) is 37.7 Å². The number of aromatic nitrogens is 1. The number of hydrogen-bond acceptors (Lipinski definition) is 5. The number of benzene rings is 1. The fourth-order valence-corrected chi connectivity index (χ4v) is 2.49. The lowest BCUT2D eigenvalue weighted by atomic mass is 10.1. The van der Waals surface area contributed by atoms with Crippen molar-refractivity contribution in [3.8, 4) is 0 Å². The van der Waals surface area contributed by atoms with E-state index in [4.69, 9.17) is 4.74 Å². The molecule has 2 aromatic rings. The Morgan fingerprint density at radius 2 is 1.88 bits per heavy atom. The van der Waals surface area contributed by atoms with Gasteiger partial charge in [-0.3, -0.25) is 14.9 Å². The highest BCUT2D eigenvalue weighted by atomic mass is 16.6. The van der Waals surface area contributed by atoms with Crippen molar-refractivity contribution in [2.24, 2.45) is 7.05 Å². The van der Waals surface area contributed by atoms with Crippen LogP contribution in [0.3, 0.4) is 0 Å². The van der Waals surface area contributed by atoms with Gasteiger partial charge >= 0.3 is 5.97 Å². The SMILES string of the molecule is Cc1cccc(C(=O)OCC(=O)c2cc(C)n(C)c2C)c1[N+](=O)[O-]. The highest BCUT2D eigenvalue weighted by molar-refractivity contribution is 6.01. The number of ether oxygens (including phenoxy) is 1. The number of esters is 1. The second-order valence-corrected chi connectivity index (χ2v) is 5.57. The zero-order chi connectivity index (χ0) is 18.0. The first kappa shape index (κ1) is 17.4. The van der Waals surface area contributed by atoms with Crippen LogP contribution in [0.5, 0.6) is 0 Å². The summed E-state index contributed by atoms with van der Waals surface area (Å²) in [6.45, 7) is 4.74. The molecule has 0 bridgehead atoms. The number of carbonyl (C=O) groups excluding carboxylic acids is 2. The zero-order valence-electron chi connectivity index (χ0n) is 14.0. The standard InChI is InChI=1S/C17H18N2O5/c1-10-6-5-7-13(16(10)19(22)23)17(21)24-9-15(20)14-8-11(2)18(4)12(14)3/h5-8H,9H2,1-4H3. The van der Waals surface area contributed by atoms with E-state index >= 15 is 0 Å². The van der Waals surface area contributed by atoms with Gasteiger partial charge in [0.1, 0.15) is 5.56 Å². The van der Waals surface area contributed by atoms with Crippen molar-refractivity contribution < 1.29 is 19.2 Å². The Balaban J connectivity index is 2.17. The third-order valence-electron chi connectivity index (χ3n) is 4.05. The average Bonchev–Trinajstić information content (AvgIpc) is 2.79. The Bertz CT molecular complexity index is 836. The number of nitrogens with zero attached hydrogens (tertiary/aromatic N) is 2. The number of para-hydroxylation sites is 1. The topological polar surface area (TPSA) is 91.4 Å². The van der Waals surface area contributed by atoms with Gasteiger partial charge in [0.2, 0.25) is 5.78 Å². The second-order valence-electron chi connectivity index (χ2n) is 5.57. The molecule has 1 aromatic carbocycles. The van der Waals surface area contributed by atoms with Gasteiger partial charge in [-0.1, -0.05) is 12.1 Å². The van der Waals surface area contributed by atoms with Gasteiger partial charge < -0.3 is 9.30 Å². The van der Waals surface area contributed by atoms with E-state index in [1.807, 2.05) is 18.5 Å². The van der Waals surface area contributed by atoms with Crippen molar-refractivity contribution in [3.63, 3.8) is 0 Å². The summed E-state index contributed by atoms with van der Waals surface area (Å²) in [7, 11) is 1.84. The van der Waals surface area contributed by atoms with Crippen molar-refractivity contribution >= 4 is 17.4 Å². The van der Waals surface area contributed by atoms with Crippen molar-refractivity contribution in [1.29, 1.82) is 0 Å². The lowest BCUT2D eigenvalue weighted by molar-refractivity contribution is -0.385. The lowest BCUT2D eigenvalue weighted by Gasteiger charge is -2.06. The molecule has 0 unspecified atom stereocenters. The zero-order valence-corrected chi connectivity index (χ0v) is 14.0. The molecule has 7 heteroatoms. The van der Waals surface area contributed by atoms with Crippen molar-refractivity contribution in [1.82, 2.24) is 4.57 Å². The van der Waals surface area contributed by atoms with Gasteiger partial charge in [-0.2, -0.15) is 0 Å². The van der Waals surface area contributed by atoms with E-state index in [0.717, 1.165) is 11.4 Å². The maximum Gasteiger partial charge on any atom is 0.345 e. The van der Waals surface area contributed by atoms with Gasteiger partial charge in [0.25, 0.3) is 5.69 Å². The Kier molecular flexibility index (Phi) is 4.82. The predicted molar refractivity (Wildman–Crippen MR) is 87.3 cm³/mol. The molecule has 0 spiro atoms. The van der Waals surface area contributed by atoms with Crippen LogP contribution < -0.4 is 0 Å². The molecule has 0 aliphatic heterocycles. The van der Waals surface area contributed by atoms with Crippen LogP contribution >= 0.6 is 0 Å². The van der Waals surface area contributed by atoms with Gasteiger partial charge in [0, 0.05) is 29.6 Å². The molecule has 0 saturated heterocycles. The quantitative estimate of drug-likeness (QED) is 0.364. The lowest BCUT2D eigenvalue weighted by Crippen LogP contribution is -2.16. The van der Waals surface area contributed by atoms with Crippen LogP contribution in [0.25, 0.3) is 0 Å². The number of hydrogen-bond donors (Lipinski definition) is 0. The highest BCUT2D eigenvalue weighted by Crippen LogP contribution is 2.24. The Morgan fingerprint density at radius 3 is 2.42 bits per heavy atom. The molecule has 1 aromatic heterocycles. The van der Waals surface area contributed by atoms with Crippen molar-refractivity contribution in [2.75, 3.05) is 6.61 Å². The molecule has 24 heavy (non-hydrogen) atoms. The van der Waals surface area contributed by atoms with Gasteiger partial charge in [-0.05, 0) is 32.9 Å². The molecule has 0 N–H and O–H groups in total. The fourth-order valence-electron chi connectivity index (χ4n) is 2.49. The van der Waals surface area contributed by atoms with Gasteiger partial charge in [-0.15, -0.1) is 0 Å². The number of carbonyl (C=O) groups is 2. The summed E-state index contributed by atoms with van der Waals surface area (Å²) in [6.07, 6.45) is 0.